The Bertz CT molecular complexity index is 1080. The van der Waals surface area contributed by atoms with Gasteiger partial charge in [-0.3, -0.25) is 0 Å². The summed E-state index contributed by atoms with van der Waals surface area (Å²) < 4.78 is 4.21. The molecule has 0 amide bonds. The molecule has 0 bridgehead atoms. The molecule has 6 nitrogen and oxygen atoms in total. The van der Waals surface area contributed by atoms with Gasteiger partial charge in [-0.2, -0.15) is 5.26 Å². The number of nitrogens with zero attached hydrogens (tertiary/aromatic N) is 4. The molecule has 25 heavy (non-hydrogen) atoms. The maximum Gasteiger partial charge on any atom is 0.171 e. The molecule has 1 aromatic carbocycles. The Labute approximate surface area is 152 Å². The molecule has 3 heterocycles. The van der Waals surface area contributed by atoms with Gasteiger partial charge in [0, 0.05) is 35.9 Å². The van der Waals surface area contributed by atoms with Crippen LogP contribution in [-0.4, -0.2) is 19.9 Å². The molecule has 0 saturated heterocycles. The first-order valence-electron chi connectivity index (χ1n) is 7.42. The second kappa shape index (κ2) is 6.55. The number of benzene rings is 1. The number of anilines is 1. The minimum atomic E-state index is 0.654. The van der Waals surface area contributed by atoms with Crippen molar-refractivity contribution in [1.29, 1.82) is 5.26 Å². The number of hydrogen-bond acceptors (Lipinski definition) is 7. The van der Waals surface area contributed by atoms with Crippen LogP contribution in [0.25, 0.3) is 21.5 Å². The van der Waals surface area contributed by atoms with Crippen molar-refractivity contribution in [2.24, 2.45) is 0 Å². The molecule has 0 aliphatic heterocycles. The summed E-state index contributed by atoms with van der Waals surface area (Å²) in [6, 6.07) is 8.10. The third kappa shape index (κ3) is 2.95. The maximum atomic E-state index is 9.24. The fourth-order valence-corrected chi connectivity index (χ4v) is 4.21. The fourth-order valence-electron chi connectivity index (χ4n) is 2.55. The van der Waals surface area contributed by atoms with Gasteiger partial charge in [-0.15, -0.1) is 11.3 Å². The first kappa shape index (κ1) is 15.6. The lowest BCUT2D eigenvalue weighted by Gasteiger charge is -2.06. The Balaban J connectivity index is 1.58. The average Bonchev–Trinajstić information content (AvgIpc) is 3.29. The predicted octanol–water partition coefficient (Wildman–Crippen LogP) is 4.38. The number of hydrogen-bond donors (Lipinski definition) is 2. The lowest BCUT2D eigenvalue weighted by molar-refractivity contribution is 1.17. The van der Waals surface area contributed by atoms with Gasteiger partial charge in [-0.25, -0.2) is 15.0 Å². The first-order valence-corrected chi connectivity index (χ1v) is 9.05. The Morgan fingerprint density at radius 3 is 3.00 bits per heavy atom. The highest BCUT2D eigenvalue weighted by Gasteiger charge is 2.11. The molecule has 2 N–H and O–H groups in total. The molecule has 4 aromatic rings. The van der Waals surface area contributed by atoms with Gasteiger partial charge in [0.1, 0.15) is 12.4 Å². The largest absolute Gasteiger partial charge is 0.358 e. The zero-order chi connectivity index (χ0) is 17.2. The van der Waals surface area contributed by atoms with Crippen LogP contribution < -0.4 is 4.72 Å². The van der Waals surface area contributed by atoms with Crippen molar-refractivity contribution in [3.8, 4) is 16.6 Å². The van der Waals surface area contributed by atoms with Crippen molar-refractivity contribution < 1.29 is 0 Å². The summed E-state index contributed by atoms with van der Waals surface area (Å²) in [6.45, 7) is 2.00. The number of aryl methyl sites for hydroxylation is 1. The molecule has 0 spiro atoms. The zero-order valence-corrected chi connectivity index (χ0v) is 14.8. The second-order valence-corrected chi connectivity index (χ2v) is 7.37. The van der Waals surface area contributed by atoms with E-state index in [4.69, 9.17) is 0 Å². The maximum absolute atomic E-state index is 9.24. The van der Waals surface area contributed by atoms with Gasteiger partial charge in [-0.05, 0) is 24.6 Å². The average molecular weight is 364 g/mol. The number of aromatic nitrogens is 4. The number of rotatable bonds is 4. The Kier molecular flexibility index (Phi) is 4.09. The summed E-state index contributed by atoms with van der Waals surface area (Å²) in [5.41, 5.74) is 4.44. The van der Waals surface area contributed by atoms with Crippen molar-refractivity contribution >= 4 is 39.9 Å². The van der Waals surface area contributed by atoms with Crippen LogP contribution in [0.3, 0.4) is 0 Å². The van der Waals surface area contributed by atoms with Crippen molar-refractivity contribution in [2.75, 3.05) is 4.72 Å². The molecular weight excluding hydrogens is 352 g/mol. The highest BCUT2D eigenvalue weighted by molar-refractivity contribution is 8.02. The van der Waals surface area contributed by atoms with Gasteiger partial charge in [0.2, 0.25) is 0 Å². The van der Waals surface area contributed by atoms with E-state index in [1.807, 2.05) is 31.3 Å². The second-order valence-electron chi connectivity index (χ2n) is 5.28. The molecule has 0 fully saturated rings. The SMILES string of the molecule is Cc1ccc(NSc2ncc(-c3ccncn3)s2)c2[nH]cc(C#N)c12. The molecular formula is C17H12N6S2. The summed E-state index contributed by atoms with van der Waals surface area (Å²) in [7, 11) is 0. The van der Waals surface area contributed by atoms with Gasteiger partial charge >= 0.3 is 0 Å². The number of aromatic amines is 1. The summed E-state index contributed by atoms with van der Waals surface area (Å²) in [5, 5.41) is 10.2. The van der Waals surface area contributed by atoms with Crippen molar-refractivity contribution in [2.45, 2.75) is 11.3 Å². The number of thiazole rings is 1. The van der Waals surface area contributed by atoms with Crippen LogP contribution >= 0.6 is 23.3 Å². The van der Waals surface area contributed by atoms with E-state index >= 15 is 0 Å². The van der Waals surface area contributed by atoms with E-state index < -0.39 is 0 Å². The van der Waals surface area contributed by atoms with Crippen LogP contribution in [0, 0.1) is 18.3 Å². The number of nitriles is 1. The molecule has 122 valence electrons. The smallest absolute Gasteiger partial charge is 0.171 e. The molecule has 8 heteroatoms. The van der Waals surface area contributed by atoms with Gasteiger partial charge in [0.15, 0.2) is 4.34 Å². The third-order valence-electron chi connectivity index (χ3n) is 3.73. The molecule has 4 rings (SSSR count). The standard InChI is InChI=1S/C17H12N6S2/c1-10-2-3-13(16-15(10)11(6-18)7-20-16)23-25-17-21-8-14(24-17)12-4-5-19-9-22-12/h2-5,7-9,20,23H,1H3. The summed E-state index contributed by atoms with van der Waals surface area (Å²) in [4.78, 5) is 16.8. The summed E-state index contributed by atoms with van der Waals surface area (Å²) in [5.74, 6) is 0. The summed E-state index contributed by atoms with van der Waals surface area (Å²) in [6.07, 6.45) is 6.80. The van der Waals surface area contributed by atoms with E-state index in [2.05, 4.69) is 30.7 Å². The minimum absolute atomic E-state index is 0.654. The van der Waals surface area contributed by atoms with Gasteiger partial charge in [0.05, 0.1) is 27.3 Å². The van der Waals surface area contributed by atoms with Crippen molar-refractivity contribution in [1.82, 2.24) is 19.9 Å². The minimum Gasteiger partial charge on any atom is -0.358 e. The molecule has 0 unspecified atom stereocenters. The van der Waals surface area contributed by atoms with Crippen LogP contribution in [0.5, 0.6) is 0 Å². The molecule has 0 aliphatic rings. The molecule has 0 saturated carbocycles. The van der Waals surface area contributed by atoms with E-state index in [0.717, 1.165) is 37.1 Å². The topological polar surface area (TPSA) is 90.3 Å². The van der Waals surface area contributed by atoms with E-state index in [-0.39, 0.29) is 0 Å². The van der Waals surface area contributed by atoms with Crippen LogP contribution in [0.2, 0.25) is 0 Å². The Morgan fingerprint density at radius 1 is 1.28 bits per heavy atom. The number of nitrogens with one attached hydrogen (secondary N) is 2. The van der Waals surface area contributed by atoms with Crippen LogP contribution in [0.4, 0.5) is 5.69 Å². The van der Waals surface area contributed by atoms with Crippen molar-refractivity contribution in [3.05, 3.63) is 54.2 Å². The van der Waals surface area contributed by atoms with E-state index in [0.29, 0.717) is 5.56 Å². The highest BCUT2D eigenvalue weighted by atomic mass is 32.2. The normalized spacial score (nSPS) is 10.7. The lowest BCUT2D eigenvalue weighted by Crippen LogP contribution is -1.89. The molecule has 0 aliphatic carbocycles. The predicted molar refractivity (Wildman–Crippen MR) is 100 cm³/mol. The van der Waals surface area contributed by atoms with E-state index in [1.54, 1.807) is 23.7 Å². The van der Waals surface area contributed by atoms with Gasteiger partial charge in [-0.1, -0.05) is 6.07 Å². The van der Waals surface area contributed by atoms with Crippen molar-refractivity contribution in [3.63, 3.8) is 0 Å². The zero-order valence-electron chi connectivity index (χ0n) is 13.1. The van der Waals surface area contributed by atoms with Crippen LogP contribution in [-0.2, 0) is 0 Å². The Morgan fingerprint density at radius 2 is 2.20 bits per heavy atom. The molecule has 0 radical (unpaired) electrons. The number of H-pyrrole nitrogens is 1. The van der Waals surface area contributed by atoms with Crippen LogP contribution in [0.15, 0.2) is 47.5 Å². The van der Waals surface area contributed by atoms with Crippen LogP contribution in [0.1, 0.15) is 11.1 Å². The fraction of sp³-hybridized carbons (Fsp3) is 0.0588. The first-order chi connectivity index (χ1) is 12.3. The molecule has 3 aromatic heterocycles. The van der Waals surface area contributed by atoms with E-state index in [1.165, 1.54) is 18.3 Å². The summed E-state index contributed by atoms with van der Waals surface area (Å²) >= 11 is 3.00. The van der Waals surface area contributed by atoms with E-state index in [9.17, 15) is 5.26 Å². The quantitative estimate of drug-likeness (QED) is 0.522. The van der Waals surface area contributed by atoms with Gasteiger partial charge in [0.25, 0.3) is 0 Å². The lowest BCUT2D eigenvalue weighted by atomic mass is 10.1. The third-order valence-corrected chi connectivity index (χ3v) is 5.65. The highest BCUT2D eigenvalue weighted by Crippen LogP contribution is 2.34. The van der Waals surface area contributed by atoms with Gasteiger partial charge < -0.3 is 9.71 Å². The monoisotopic (exact) mass is 364 g/mol. The number of fused-ring (bicyclic) bond motifs is 1. The molecule has 0 atom stereocenters. The Hall–Kier alpha value is -2.89.